The Balaban J connectivity index is 2.01. The minimum absolute atomic E-state index is 0.177. The predicted octanol–water partition coefficient (Wildman–Crippen LogP) is 1.83. The smallest absolute Gasteiger partial charge is 0.242 e. The van der Waals surface area contributed by atoms with E-state index >= 15 is 0 Å². The van der Waals surface area contributed by atoms with Crippen LogP contribution >= 0.6 is 0 Å². The first-order valence-corrected chi connectivity index (χ1v) is 6.36. The summed E-state index contributed by atoms with van der Waals surface area (Å²) in [6.07, 6.45) is 8.31. The van der Waals surface area contributed by atoms with Gasteiger partial charge in [0.2, 0.25) is 5.91 Å². The van der Waals surface area contributed by atoms with Gasteiger partial charge < -0.3 is 10.6 Å². The molecule has 1 amide bonds. The number of nitrogens with two attached hydrogens (primary N) is 1. The highest BCUT2D eigenvalue weighted by molar-refractivity contribution is 5.86. The normalized spacial score (nSPS) is 25.1. The van der Waals surface area contributed by atoms with Gasteiger partial charge in [0.25, 0.3) is 0 Å². The first-order valence-electron chi connectivity index (χ1n) is 6.36. The van der Waals surface area contributed by atoms with Crippen LogP contribution in [0.25, 0.3) is 0 Å². The lowest BCUT2D eigenvalue weighted by molar-refractivity contribution is -0.137. The van der Waals surface area contributed by atoms with E-state index in [0.29, 0.717) is 0 Å². The Hall–Kier alpha value is -0.830. The molecule has 0 unspecified atom stereocenters. The Labute approximate surface area is 97.7 Å². The zero-order valence-electron chi connectivity index (χ0n) is 10.2. The highest BCUT2D eigenvalue weighted by atomic mass is 16.2. The van der Waals surface area contributed by atoms with E-state index in [1.54, 1.807) is 0 Å². The van der Waals surface area contributed by atoms with Crippen LogP contribution in [0, 0.1) is 0 Å². The maximum atomic E-state index is 12.4. The molecule has 2 rings (SSSR count). The van der Waals surface area contributed by atoms with Crippen molar-refractivity contribution in [2.75, 3.05) is 13.1 Å². The molecular formula is C13H22N2O. The third-order valence-corrected chi connectivity index (χ3v) is 3.90. The van der Waals surface area contributed by atoms with Gasteiger partial charge in [-0.3, -0.25) is 4.79 Å². The van der Waals surface area contributed by atoms with Gasteiger partial charge >= 0.3 is 0 Å². The van der Waals surface area contributed by atoms with Crippen molar-refractivity contribution in [3.8, 4) is 0 Å². The number of hydrogen-bond acceptors (Lipinski definition) is 2. The summed E-state index contributed by atoms with van der Waals surface area (Å²) in [5.74, 6) is 0.177. The van der Waals surface area contributed by atoms with E-state index in [9.17, 15) is 4.79 Å². The average molecular weight is 222 g/mol. The molecular weight excluding hydrogens is 200 g/mol. The third-order valence-electron chi connectivity index (χ3n) is 3.90. The molecule has 16 heavy (non-hydrogen) atoms. The molecule has 0 saturated heterocycles. The molecule has 0 atom stereocenters. The summed E-state index contributed by atoms with van der Waals surface area (Å²) in [5.41, 5.74) is 7.09. The second kappa shape index (κ2) is 4.58. The van der Waals surface area contributed by atoms with Gasteiger partial charge in [0, 0.05) is 13.1 Å². The van der Waals surface area contributed by atoms with Crippen LogP contribution in [0.2, 0.25) is 0 Å². The van der Waals surface area contributed by atoms with Crippen molar-refractivity contribution < 1.29 is 4.79 Å². The monoisotopic (exact) mass is 222 g/mol. The number of rotatable bonds is 1. The molecule has 0 radical (unpaired) electrons. The molecule has 2 N–H and O–H groups in total. The zero-order chi connectivity index (χ0) is 11.6. The molecule has 1 fully saturated rings. The van der Waals surface area contributed by atoms with Crippen molar-refractivity contribution in [2.45, 2.75) is 51.0 Å². The fraction of sp³-hybridized carbons (Fsp3) is 0.769. The third kappa shape index (κ3) is 2.29. The van der Waals surface area contributed by atoms with Crippen molar-refractivity contribution in [1.82, 2.24) is 4.90 Å². The minimum atomic E-state index is -0.558. The molecule has 1 aliphatic heterocycles. The molecule has 1 saturated carbocycles. The minimum Gasteiger partial charge on any atom is -0.337 e. The van der Waals surface area contributed by atoms with E-state index in [1.807, 2.05) is 4.90 Å². The van der Waals surface area contributed by atoms with Gasteiger partial charge in [0.05, 0.1) is 5.54 Å². The SMILES string of the molecule is CC1=CCN(C(=O)C2(N)CCCCC2)CC1. The Morgan fingerprint density at radius 3 is 2.62 bits per heavy atom. The van der Waals surface area contributed by atoms with Crippen LogP contribution in [-0.4, -0.2) is 29.4 Å². The molecule has 0 aromatic carbocycles. The van der Waals surface area contributed by atoms with Gasteiger partial charge in [0.1, 0.15) is 0 Å². The van der Waals surface area contributed by atoms with Crippen LogP contribution in [0.15, 0.2) is 11.6 Å². The lowest BCUT2D eigenvalue weighted by Gasteiger charge is -2.37. The van der Waals surface area contributed by atoms with Crippen LogP contribution in [0.3, 0.4) is 0 Å². The van der Waals surface area contributed by atoms with Crippen molar-refractivity contribution in [3.05, 3.63) is 11.6 Å². The first-order chi connectivity index (χ1) is 7.62. The van der Waals surface area contributed by atoms with Gasteiger partial charge in [-0.1, -0.05) is 30.9 Å². The van der Waals surface area contributed by atoms with Crippen LogP contribution in [0.1, 0.15) is 45.4 Å². The van der Waals surface area contributed by atoms with Crippen molar-refractivity contribution in [3.63, 3.8) is 0 Å². The quantitative estimate of drug-likeness (QED) is 0.688. The lowest BCUT2D eigenvalue weighted by Crippen LogP contribution is -2.57. The summed E-state index contributed by atoms with van der Waals surface area (Å²) in [6.45, 7) is 3.73. The average Bonchev–Trinajstić information content (AvgIpc) is 2.30. The molecule has 3 nitrogen and oxygen atoms in total. The molecule has 90 valence electrons. The Bertz CT molecular complexity index is 303. The highest BCUT2D eigenvalue weighted by Crippen LogP contribution is 2.28. The van der Waals surface area contributed by atoms with E-state index in [-0.39, 0.29) is 5.91 Å². The maximum Gasteiger partial charge on any atom is 0.242 e. The molecule has 0 bridgehead atoms. The fourth-order valence-corrected chi connectivity index (χ4v) is 2.67. The molecule has 0 aromatic heterocycles. The van der Waals surface area contributed by atoms with Crippen LogP contribution in [0.5, 0.6) is 0 Å². The molecule has 1 heterocycles. The second-order valence-corrected chi connectivity index (χ2v) is 5.27. The van der Waals surface area contributed by atoms with E-state index in [4.69, 9.17) is 5.73 Å². The lowest BCUT2D eigenvalue weighted by atomic mass is 9.81. The largest absolute Gasteiger partial charge is 0.337 e. The zero-order valence-corrected chi connectivity index (χ0v) is 10.2. The number of hydrogen-bond donors (Lipinski definition) is 1. The summed E-state index contributed by atoms with van der Waals surface area (Å²) in [4.78, 5) is 14.3. The molecule has 1 aliphatic carbocycles. The highest BCUT2D eigenvalue weighted by Gasteiger charge is 2.38. The van der Waals surface area contributed by atoms with Gasteiger partial charge in [0.15, 0.2) is 0 Å². The van der Waals surface area contributed by atoms with E-state index in [0.717, 1.165) is 45.2 Å². The van der Waals surface area contributed by atoms with Crippen molar-refractivity contribution >= 4 is 5.91 Å². The maximum absolute atomic E-state index is 12.4. The van der Waals surface area contributed by atoms with Gasteiger partial charge in [-0.15, -0.1) is 0 Å². The van der Waals surface area contributed by atoms with Crippen molar-refractivity contribution in [1.29, 1.82) is 0 Å². The number of nitrogens with zero attached hydrogens (tertiary/aromatic N) is 1. The summed E-state index contributed by atoms with van der Waals surface area (Å²) in [7, 11) is 0. The van der Waals surface area contributed by atoms with Crippen LogP contribution in [0.4, 0.5) is 0 Å². The van der Waals surface area contributed by atoms with Gasteiger partial charge in [-0.25, -0.2) is 0 Å². The van der Waals surface area contributed by atoms with Crippen LogP contribution in [-0.2, 0) is 4.79 Å². The van der Waals surface area contributed by atoms with Gasteiger partial charge in [-0.2, -0.15) is 0 Å². The van der Waals surface area contributed by atoms with Crippen LogP contribution < -0.4 is 5.73 Å². The number of carbonyl (C=O) groups excluding carboxylic acids is 1. The summed E-state index contributed by atoms with van der Waals surface area (Å²) < 4.78 is 0. The topological polar surface area (TPSA) is 46.3 Å². The molecule has 3 heteroatoms. The van der Waals surface area contributed by atoms with E-state index in [1.165, 1.54) is 12.0 Å². The predicted molar refractivity (Wildman–Crippen MR) is 65.0 cm³/mol. The summed E-state index contributed by atoms with van der Waals surface area (Å²) in [5, 5.41) is 0. The molecule has 0 spiro atoms. The van der Waals surface area contributed by atoms with Crippen molar-refractivity contribution in [2.24, 2.45) is 5.73 Å². The molecule has 0 aromatic rings. The molecule has 2 aliphatic rings. The summed E-state index contributed by atoms with van der Waals surface area (Å²) in [6, 6.07) is 0. The Morgan fingerprint density at radius 1 is 1.38 bits per heavy atom. The first kappa shape index (κ1) is 11.6. The Kier molecular flexibility index (Phi) is 3.33. The van der Waals surface area contributed by atoms with E-state index < -0.39 is 5.54 Å². The second-order valence-electron chi connectivity index (χ2n) is 5.27. The standard InChI is InChI=1S/C13H22N2O/c1-11-5-9-15(10-6-11)12(16)13(14)7-3-2-4-8-13/h5H,2-4,6-10,14H2,1H3. The number of amides is 1. The number of carbonyl (C=O) groups is 1. The summed E-state index contributed by atoms with van der Waals surface area (Å²) >= 11 is 0. The van der Waals surface area contributed by atoms with Gasteiger partial charge in [-0.05, 0) is 26.2 Å². The van der Waals surface area contributed by atoms with E-state index in [2.05, 4.69) is 13.0 Å². The Morgan fingerprint density at radius 2 is 2.06 bits per heavy atom. The fourth-order valence-electron chi connectivity index (χ4n) is 2.67.